The predicted molar refractivity (Wildman–Crippen MR) is 88.6 cm³/mol. The first-order valence-electron chi connectivity index (χ1n) is 7.37. The summed E-state index contributed by atoms with van der Waals surface area (Å²) in [6, 6.07) is 10.8. The smallest absolute Gasteiger partial charge is 0.416 e. The molecular formula is C18H11F3N4O. The van der Waals surface area contributed by atoms with E-state index in [0.29, 0.717) is 22.8 Å². The number of anilines is 2. The maximum atomic E-state index is 12.6. The number of phenols is 1. The third-order valence-corrected chi connectivity index (χ3v) is 3.56. The molecule has 0 aliphatic heterocycles. The second-order valence-electron chi connectivity index (χ2n) is 5.30. The Morgan fingerprint density at radius 2 is 1.69 bits per heavy atom. The van der Waals surface area contributed by atoms with Crippen molar-refractivity contribution in [2.45, 2.75) is 6.18 Å². The lowest BCUT2D eigenvalue weighted by Crippen LogP contribution is -2.05. The molecule has 2 aromatic carbocycles. The van der Waals surface area contributed by atoms with Gasteiger partial charge in [0.25, 0.3) is 0 Å². The van der Waals surface area contributed by atoms with Crippen LogP contribution in [0.25, 0.3) is 11.3 Å². The second-order valence-corrected chi connectivity index (χ2v) is 5.30. The molecule has 26 heavy (non-hydrogen) atoms. The van der Waals surface area contributed by atoms with Crippen LogP contribution in [0.5, 0.6) is 5.75 Å². The van der Waals surface area contributed by atoms with E-state index in [0.717, 1.165) is 12.1 Å². The Hall–Kier alpha value is -3.60. The van der Waals surface area contributed by atoms with Gasteiger partial charge in [-0.1, -0.05) is 0 Å². The summed E-state index contributed by atoms with van der Waals surface area (Å²) in [6.45, 7) is 0. The Kier molecular flexibility index (Phi) is 4.45. The van der Waals surface area contributed by atoms with Crippen LogP contribution in [0.3, 0.4) is 0 Å². The van der Waals surface area contributed by atoms with Crippen molar-refractivity contribution in [2.24, 2.45) is 0 Å². The fraction of sp³-hybridized carbons (Fsp3) is 0.0556. The average Bonchev–Trinajstić information content (AvgIpc) is 2.62. The van der Waals surface area contributed by atoms with Crippen LogP contribution in [0, 0.1) is 11.3 Å². The predicted octanol–water partition coefficient (Wildman–Crippen LogP) is 4.48. The van der Waals surface area contributed by atoms with Gasteiger partial charge in [-0.25, -0.2) is 4.98 Å². The summed E-state index contributed by atoms with van der Waals surface area (Å²) in [7, 11) is 0. The molecule has 0 fully saturated rings. The van der Waals surface area contributed by atoms with Crippen LogP contribution in [0.2, 0.25) is 0 Å². The molecule has 3 rings (SSSR count). The zero-order chi connectivity index (χ0) is 18.7. The van der Waals surface area contributed by atoms with E-state index in [-0.39, 0.29) is 11.3 Å². The third kappa shape index (κ3) is 3.57. The van der Waals surface area contributed by atoms with E-state index in [1.165, 1.54) is 36.7 Å². The molecule has 0 saturated heterocycles. The van der Waals surface area contributed by atoms with Crippen molar-refractivity contribution in [3.8, 4) is 23.1 Å². The highest BCUT2D eigenvalue weighted by Gasteiger charge is 2.29. The van der Waals surface area contributed by atoms with Gasteiger partial charge in [-0.15, -0.1) is 0 Å². The minimum Gasteiger partial charge on any atom is -0.507 e. The van der Waals surface area contributed by atoms with Gasteiger partial charge in [0.15, 0.2) is 5.82 Å². The number of hydrogen-bond donors (Lipinski definition) is 2. The molecule has 0 radical (unpaired) electrons. The highest BCUT2D eigenvalue weighted by atomic mass is 19.4. The van der Waals surface area contributed by atoms with Crippen molar-refractivity contribution in [3.63, 3.8) is 0 Å². The fourth-order valence-electron chi connectivity index (χ4n) is 2.29. The summed E-state index contributed by atoms with van der Waals surface area (Å²) in [6.07, 6.45) is -1.52. The van der Waals surface area contributed by atoms with Crippen LogP contribution in [0.15, 0.2) is 54.9 Å². The normalized spacial score (nSPS) is 11.0. The van der Waals surface area contributed by atoms with Gasteiger partial charge in [-0.3, -0.25) is 4.98 Å². The number of rotatable bonds is 3. The van der Waals surface area contributed by atoms with Gasteiger partial charge in [-0.05, 0) is 42.5 Å². The first-order valence-corrected chi connectivity index (χ1v) is 7.37. The molecular weight excluding hydrogens is 345 g/mol. The molecule has 0 saturated carbocycles. The van der Waals surface area contributed by atoms with Crippen molar-refractivity contribution in [1.82, 2.24) is 9.97 Å². The highest BCUT2D eigenvalue weighted by Crippen LogP contribution is 2.32. The molecule has 0 bridgehead atoms. The minimum atomic E-state index is -4.41. The SMILES string of the molecule is N#Cc1cc(-c2nccnc2Nc2ccc(C(F)(F)F)cc2)ccc1O. The molecule has 0 atom stereocenters. The second kappa shape index (κ2) is 6.72. The minimum absolute atomic E-state index is 0.0774. The monoisotopic (exact) mass is 356 g/mol. The molecule has 130 valence electrons. The number of halogens is 3. The zero-order valence-corrected chi connectivity index (χ0v) is 13.1. The van der Waals surface area contributed by atoms with Gasteiger partial charge in [0, 0.05) is 23.6 Å². The molecule has 5 nitrogen and oxygen atoms in total. The van der Waals surface area contributed by atoms with E-state index in [9.17, 15) is 18.3 Å². The number of alkyl halides is 3. The number of phenolic OH excluding ortho intramolecular Hbond substituents is 1. The van der Waals surface area contributed by atoms with Gasteiger partial charge in [0.2, 0.25) is 0 Å². The van der Waals surface area contributed by atoms with Crippen molar-refractivity contribution in [2.75, 3.05) is 5.32 Å². The summed E-state index contributed by atoms with van der Waals surface area (Å²) >= 11 is 0. The summed E-state index contributed by atoms with van der Waals surface area (Å²) in [5.41, 5.74) is 0.651. The number of aromatic hydroxyl groups is 1. The van der Waals surface area contributed by atoms with Gasteiger partial charge in [-0.2, -0.15) is 18.4 Å². The van der Waals surface area contributed by atoms with E-state index in [1.54, 1.807) is 6.07 Å². The Morgan fingerprint density at radius 1 is 1.00 bits per heavy atom. The molecule has 8 heteroatoms. The van der Waals surface area contributed by atoms with E-state index < -0.39 is 11.7 Å². The molecule has 0 aliphatic rings. The first kappa shape index (κ1) is 17.2. The topological polar surface area (TPSA) is 81.8 Å². The molecule has 0 aliphatic carbocycles. The maximum absolute atomic E-state index is 12.6. The zero-order valence-electron chi connectivity index (χ0n) is 13.1. The molecule has 2 N–H and O–H groups in total. The Morgan fingerprint density at radius 3 is 2.35 bits per heavy atom. The lowest BCUT2D eigenvalue weighted by molar-refractivity contribution is -0.137. The lowest BCUT2D eigenvalue weighted by Gasteiger charge is -2.12. The van der Waals surface area contributed by atoms with Gasteiger partial charge >= 0.3 is 6.18 Å². The number of aromatic nitrogens is 2. The van der Waals surface area contributed by atoms with Crippen molar-refractivity contribution in [1.29, 1.82) is 5.26 Å². The largest absolute Gasteiger partial charge is 0.507 e. The van der Waals surface area contributed by atoms with Gasteiger partial charge in [0.05, 0.1) is 11.1 Å². The standard InChI is InChI=1S/C18H11F3N4O/c19-18(20,21)13-2-4-14(5-3-13)25-17-16(23-7-8-24-17)11-1-6-15(26)12(9-11)10-22/h1-9,26H,(H,24,25). The molecule has 1 aromatic heterocycles. The fourth-order valence-corrected chi connectivity index (χ4v) is 2.29. The van der Waals surface area contributed by atoms with Gasteiger partial charge < -0.3 is 10.4 Å². The summed E-state index contributed by atoms with van der Waals surface area (Å²) in [5, 5.41) is 21.6. The average molecular weight is 356 g/mol. The van der Waals surface area contributed by atoms with E-state index in [1.807, 2.05) is 6.07 Å². The lowest BCUT2D eigenvalue weighted by atomic mass is 10.1. The van der Waals surface area contributed by atoms with Crippen LogP contribution >= 0.6 is 0 Å². The number of nitrogens with one attached hydrogen (secondary N) is 1. The van der Waals surface area contributed by atoms with Crippen molar-refractivity contribution < 1.29 is 18.3 Å². The van der Waals surface area contributed by atoms with Gasteiger partial charge in [0.1, 0.15) is 17.5 Å². The van der Waals surface area contributed by atoms with Crippen LogP contribution in [-0.2, 0) is 6.18 Å². The van der Waals surface area contributed by atoms with E-state index >= 15 is 0 Å². The molecule has 0 amide bonds. The number of nitrogens with zero attached hydrogens (tertiary/aromatic N) is 3. The van der Waals surface area contributed by atoms with Crippen molar-refractivity contribution in [3.05, 3.63) is 66.0 Å². The molecule has 3 aromatic rings. The highest BCUT2D eigenvalue weighted by molar-refractivity contribution is 5.76. The number of nitriles is 1. The molecule has 0 unspecified atom stereocenters. The summed E-state index contributed by atoms with van der Waals surface area (Å²) < 4.78 is 37.9. The van der Waals surface area contributed by atoms with E-state index in [2.05, 4.69) is 15.3 Å². The van der Waals surface area contributed by atoms with Crippen LogP contribution < -0.4 is 5.32 Å². The van der Waals surface area contributed by atoms with E-state index in [4.69, 9.17) is 5.26 Å². The molecule has 0 spiro atoms. The summed E-state index contributed by atoms with van der Waals surface area (Å²) in [5.74, 6) is 0.152. The quantitative estimate of drug-likeness (QED) is 0.723. The number of benzene rings is 2. The Bertz CT molecular complexity index is 979. The van der Waals surface area contributed by atoms with Crippen LogP contribution in [-0.4, -0.2) is 15.1 Å². The van der Waals surface area contributed by atoms with Crippen LogP contribution in [0.1, 0.15) is 11.1 Å². The first-order chi connectivity index (χ1) is 12.4. The molecule has 1 heterocycles. The Labute approximate surface area is 146 Å². The summed E-state index contributed by atoms with van der Waals surface area (Å²) in [4.78, 5) is 8.37. The van der Waals surface area contributed by atoms with Crippen LogP contribution in [0.4, 0.5) is 24.7 Å². The third-order valence-electron chi connectivity index (χ3n) is 3.56. The number of hydrogen-bond acceptors (Lipinski definition) is 5. The maximum Gasteiger partial charge on any atom is 0.416 e. The van der Waals surface area contributed by atoms with Crippen molar-refractivity contribution >= 4 is 11.5 Å². The Balaban J connectivity index is 1.94.